The predicted octanol–water partition coefficient (Wildman–Crippen LogP) is 4.26. The average Bonchev–Trinajstić information content (AvgIpc) is 2.97. The maximum absolute atomic E-state index is 2.53. The molecule has 0 aromatic heterocycles. The van der Waals surface area contributed by atoms with Gasteiger partial charge >= 0.3 is 0 Å². The second-order valence-corrected chi connectivity index (χ2v) is 5.54. The topological polar surface area (TPSA) is 3.24 Å². The quantitative estimate of drug-likeness (QED) is 0.748. The molecule has 1 heteroatoms. The van der Waals surface area contributed by atoms with Crippen LogP contribution >= 0.6 is 0 Å². The third-order valence-electron chi connectivity index (χ3n) is 4.18. The third-order valence-corrected chi connectivity index (χ3v) is 4.18. The smallest absolute Gasteiger partial charge is 0.0612 e. The highest BCUT2D eigenvalue weighted by atomic mass is 15.2. The summed E-state index contributed by atoms with van der Waals surface area (Å²) in [7, 11) is 0. The Bertz CT molecular complexity index is 574. The van der Waals surface area contributed by atoms with E-state index in [1.165, 1.54) is 22.3 Å². The van der Waals surface area contributed by atoms with E-state index in [1.807, 2.05) is 0 Å². The molecule has 0 N–H and O–H groups in total. The van der Waals surface area contributed by atoms with E-state index in [1.54, 1.807) is 0 Å². The summed E-state index contributed by atoms with van der Waals surface area (Å²) in [6.45, 7) is 6.49. The van der Waals surface area contributed by atoms with Crippen molar-refractivity contribution in [1.29, 1.82) is 0 Å². The molecule has 0 saturated carbocycles. The van der Waals surface area contributed by atoms with Crippen LogP contribution < -0.4 is 0 Å². The molecule has 0 amide bonds. The van der Waals surface area contributed by atoms with Crippen LogP contribution in [0.3, 0.4) is 0 Å². The van der Waals surface area contributed by atoms with Crippen LogP contribution in [-0.2, 0) is 0 Å². The zero-order chi connectivity index (χ0) is 13.9. The van der Waals surface area contributed by atoms with Crippen molar-refractivity contribution in [2.45, 2.75) is 19.9 Å². The molecule has 0 bridgehead atoms. The monoisotopic (exact) mass is 263 g/mol. The van der Waals surface area contributed by atoms with E-state index in [2.05, 4.69) is 79.4 Å². The first-order valence-corrected chi connectivity index (χ1v) is 7.27. The predicted molar refractivity (Wildman–Crippen MR) is 84.9 cm³/mol. The normalized spacial score (nSPS) is 15.2. The number of nitrogens with zero attached hydrogens (tertiary/aromatic N) is 1. The van der Waals surface area contributed by atoms with Crippen LogP contribution in [-0.4, -0.2) is 18.0 Å². The van der Waals surface area contributed by atoms with Gasteiger partial charge in [-0.15, -0.1) is 0 Å². The lowest BCUT2D eigenvalue weighted by atomic mass is 9.91. The molecule has 1 aliphatic rings. The lowest BCUT2D eigenvalue weighted by molar-refractivity contribution is 0.291. The molecule has 2 aromatic carbocycles. The van der Waals surface area contributed by atoms with Crippen molar-refractivity contribution in [2.75, 3.05) is 13.1 Å². The highest BCUT2D eigenvalue weighted by Crippen LogP contribution is 2.33. The van der Waals surface area contributed by atoms with Gasteiger partial charge in [0.1, 0.15) is 0 Å². The van der Waals surface area contributed by atoms with Crippen LogP contribution in [0.15, 0.2) is 60.7 Å². The van der Waals surface area contributed by atoms with Gasteiger partial charge in [0.15, 0.2) is 0 Å². The van der Waals surface area contributed by atoms with E-state index in [0.717, 1.165) is 13.1 Å². The van der Waals surface area contributed by atoms with Crippen LogP contribution in [0.2, 0.25) is 0 Å². The van der Waals surface area contributed by atoms with Crippen LogP contribution in [0.4, 0.5) is 0 Å². The molecule has 20 heavy (non-hydrogen) atoms. The van der Waals surface area contributed by atoms with Gasteiger partial charge in [-0.2, -0.15) is 0 Å². The van der Waals surface area contributed by atoms with Crippen molar-refractivity contribution in [3.63, 3.8) is 0 Å². The molecule has 1 aliphatic heterocycles. The first-order chi connectivity index (χ1) is 9.77. The zero-order valence-electron chi connectivity index (χ0n) is 12.2. The van der Waals surface area contributed by atoms with Crippen molar-refractivity contribution < 1.29 is 0 Å². The highest BCUT2D eigenvalue weighted by molar-refractivity contribution is 5.40. The maximum atomic E-state index is 2.53. The van der Waals surface area contributed by atoms with Crippen molar-refractivity contribution in [2.24, 2.45) is 0 Å². The van der Waals surface area contributed by atoms with Gasteiger partial charge in [-0.1, -0.05) is 60.7 Å². The van der Waals surface area contributed by atoms with E-state index >= 15 is 0 Å². The van der Waals surface area contributed by atoms with Gasteiger partial charge in [0, 0.05) is 13.1 Å². The number of hydrogen-bond donors (Lipinski definition) is 0. The van der Waals surface area contributed by atoms with E-state index < -0.39 is 0 Å². The van der Waals surface area contributed by atoms with E-state index in [9.17, 15) is 0 Å². The molecule has 1 heterocycles. The molecule has 102 valence electrons. The fourth-order valence-corrected chi connectivity index (χ4v) is 3.05. The zero-order valence-corrected chi connectivity index (χ0v) is 12.2. The first kappa shape index (κ1) is 13.1. The molecule has 2 aromatic rings. The Morgan fingerprint density at radius 1 is 0.750 bits per heavy atom. The first-order valence-electron chi connectivity index (χ1n) is 7.27. The van der Waals surface area contributed by atoms with E-state index in [4.69, 9.17) is 0 Å². The van der Waals surface area contributed by atoms with Crippen LogP contribution in [0.5, 0.6) is 0 Å². The molecule has 0 atom stereocenters. The molecular formula is C19H21N. The Balaban J connectivity index is 2.09. The van der Waals surface area contributed by atoms with Crippen LogP contribution in [0.25, 0.3) is 0 Å². The largest absolute Gasteiger partial charge is 0.285 e. The molecule has 0 unspecified atom stereocenters. The van der Waals surface area contributed by atoms with Crippen molar-refractivity contribution in [3.05, 3.63) is 82.9 Å². The molecule has 0 spiro atoms. The van der Waals surface area contributed by atoms with Gasteiger partial charge in [-0.3, -0.25) is 4.90 Å². The molecule has 0 radical (unpaired) electrons. The average molecular weight is 263 g/mol. The Labute approximate surface area is 121 Å². The number of aryl methyl sites for hydroxylation is 2. The van der Waals surface area contributed by atoms with Gasteiger partial charge in [-0.25, -0.2) is 0 Å². The second-order valence-electron chi connectivity index (χ2n) is 5.54. The lowest BCUT2D eigenvalue weighted by Crippen LogP contribution is -2.28. The fraction of sp³-hybridized carbons (Fsp3) is 0.263. The van der Waals surface area contributed by atoms with Crippen molar-refractivity contribution >= 4 is 0 Å². The van der Waals surface area contributed by atoms with Gasteiger partial charge in [0.2, 0.25) is 0 Å². The highest BCUT2D eigenvalue weighted by Gasteiger charge is 2.24. The van der Waals surface area contributed by atoms with E-state index in [-0.39, 0.29) is 0 Å². The summed E-state index contributed by atoms with van der Waals surface area (Å²) < 4.78 is 0. The molecule has 0 saturated heterocycles. The molecule has 0 fully saturated rings. The minimum absolute atomic E-state index is 0.354. The molecule has 3 rings (SSSR count). The lowest BCUT2D eigenvalue weighted by Gasteiger charge is -2.30. The van der Waals surface area contributed by atoms with Gasteiger partial charge in [0.25, 0.3) is 0 Å². The summed E-state index contributed by atoms with van der Waals surface area (Å²) in [5, 5.41) is 0. The molecule has 0 aliphatic carbocycles. The summed E-state index contributed by atoms with van der Waals surface area (Å²) in [5.41, 5.74) is 5.58. The van der Waals surface area contributed by atoms with Gasteiger partial charge in [-0.05, 0) is 36.1 Å². The standard InChI is InChI=1S/C19H21N/c1-15-9-3-5-11-17(15)19(20-13-7-8-14-20)18-12-6-4-10-16(18)2/h3-12,19H,13-14H2,1-2H3. The Morgan fingerprint density at radius 3 is 1.65 bits per heavy atom. The minimum Gasteiger partial charge on any atom is -0.285 e. The fourth-order valence-electron chi connectivity index (χ4n) is 3.05. The summed E-state index contributed by atoms with van der Waals surface area (Å²) in [4.78, 5) is 2.53. The number of rotatable bonds is 3. The van der Waals surface area contributed by atoms with Crippen LogP contribution in [0.1, 0.15) is 28.3 Å². The van der Waals surface area contributed by atoms with Crippen molar-refractivity contribution in [3.8, 4) is 0 Å². The van der Waals surface area contributed by atoms with Gasteiger partial charge in [0.05, 0.1) is 6.04 Å². The van der Waals surface area contributed by atoms with E-state index in [0.29, 0.717) is 6.04 Å². The maximum Gasteiger partial charge on any atom is 0.0612 e. The summed E-state index contributed by atoms with van der Waals surface area (Å²) in [6, 6.07) is 17.9. The second kappa shape index (κ2) is 5.64. The summed E-state index contributed by atoms with van der Waals surface area (Å²) >= 11 is 0. The minimum atomic E-state index is 0.354. The Morgan fingerprint density at radius 2 is 1.20 bits per heavy atom. The summed E-state index contributed by atoms with van der Waals surface area (Å²) in [6.07, 6.45) is 4.53. The van der Waals surface area contributed by atoms with Crippen LogP contribution in [0, 0.1) is 13.8 Å². The number of benzene rings is 2. The molecule has 1 nitrogen and oxygen atoms in total. The Hall–Kier alpha value is -1.86. The number of hydrogen-bond acceptors (Lipinski definition) is 1. The molecular weight excluding hydrogens is 242 g/mol. The third kappa shape index (κ3) is 2.41. The van der Waals surface area contributed by atoms with Gasteiger partial charge < -0.3 is 0 Å². The summed E-state index contributed by atoms with van der Waals surface area (Å²) in [5.74, 6) is 0. The Kier molecular flexibility index (Phi) is 3.70. The van der Waals surface area contributed by atoms with Crippen molar-refractivity contribution in [1.82, 2.24) is 4.90 Å². The SMILES string of the molecule is Cc1ccccc1C(c1ccccc1C)N1CC=CC1.